The molecule has 2 aromatic rings. The van der Waals surface area contributed by atoms with Crippen molar-refractivity contribution in [3.63, 3.8) is 0 Å². The highest BCUT2D eigenvalue weighted by Crippen LogP contribution is 2.29. The van der Waals surface area contributed by atoms with Crippen molar-refractivity contribution in [2.75, 3.05) is 0 Å². The molecule has 0 fully saturated rings. The van der Waals surface area contributed by atoms with Gasteiger partial charge in [-0.2, -0.15) is 0 Å². The summed E-state index contributed by atoms with van der Waals surface area (Å²) in [6.45, 7) is 4.42. The van der Waals surface area contributed by atoms with E-state index in [0.717, 1.165) is 12.1 Å². The van der Waals surface area contributed by atoms with Crippen molar-refractivity contribution in [2.24, 2.45) is 0 Å². The molecule has 2 amide bonds. The van der Waals surface area contributed by atoms with Gasteiger partial charge in [0.1, 0.15) is 17.1 Å². The molecule has 0 aliphatic carbocycles. The van der Waals surface area contributed by atoms with E-state index in [9.17, 15) is 29.8 Å². The average Bonchev–Trinajstić information content (AvgIpc) is 2.90. The maximum Gasteiger partial charge on any atom is 0.279 e. The minimum Gasteiger partial charge on any atom is -0.466 e. The summed E-state index contributed by atoms with van der Waals surface area (Å²) in [5.74, 6) is -0.758. The van der Waals surface area contributed by atoms with E-state index in [4.69, 9.17) is 4.42 Å². The molecule has 0 spiro atoms. The zero-order valence-electron chi connectivity index (χ0n) is 14.0. The minimum absolute atomic E-state index is 0.176. The number of hydrogen-bond acceptors (Lipinski definition) is 7. The Kier molecular flexibility index (Phi) is 5.01. The highest BCUT2D eigenvalue weighted by molar-refractivity contribution is 6.00. The first-order valence-electron chi connectivity index (χ1n) is 7.23. The lowest BCUT2D eigenvalue weighted by atomic mass is 10.1. The van der Waals surface area contributed by atoms with Gasteiger partial charge in [-0.15, -0.1) is 0 Å². The SMILES string of the molecule is Cc1cc(C(=O)NNC(=O)c2cc([N+](=O)[O-])c(C)c([N+](=O)[O-])c2)c(C)o1. The molecule has 0 saturated heterocycles. The Morgan fingerprint density at radius 1 is 0.923 bits per heavy atom. The highest BCUT2D eigenvalue weighted by atomic mass is 16.6. The van der Waals surface area contributed by atoms with Crippen LogP contribution in [0.3, 0.4) is 0 Å². The van der Waals surface area contributed by atoms with Crippen molar-refractivity contribution in [1.82, 2.24) is 10.9 Å². The van der Waals surface area contributed by atoms with Gasteiger partial charge in [-0.25, -0.2) is 0 Å². The average molecular weight is 362 g/mol. The standard InChI is InChI=1S/C15H14N4O7/c1-7-4-11(9(3)26-7)15(21)17-16-14(20)10-5-12(18(22)23)8(2)13(6-10)19(24)25/h4-6H,1-3H3,(H,16,20)(H,17,21). The molecule has 0 unspecified atom stereocenters. The number of carbonyl (C=O) groups excluding carboxylic acids is 2. The number of nitro groups is 2. The van der Waals surface area contributed by atoms with E-state index in [1.807, 2.05) is 0 Å². The van der Waals surface area contributed by atoms with Crippen LogP contribution >= 0.6 is 0 Å². The molecule has 0 radical (unpaired) electrons. The number of hydrogen-bond donors (Lipinski definition) is 2. The van der Waals surface area contributed by atoms with Crippen LogP contribution in [-0.2, 0) is 0 Å². The van der Waals surface area contributed by atoms with Crippen LogP contribution in [0, 0.1) is 41.0 Å². The number of nitrogens with one attached hydrogen (secondary N) is 2. The molecule has 0 saturated carbocycles. The van der Waals surface area contributed by atoms with Crippen molar-refractivity contribution in [3.05, 3.63) is 66.6 Å². The fraction of sp³-hybridized carbons (Fsp3) is 0.200. The Labute approximate surface area is 146 Å². The molecule has 11 nitrogen and oxygen atoms in total. The third-order valence-corrected chi connectivity index (χ3v) is 3.58. The predicted molar refractivity (Wildman–Crippen MR) is 87.6 cm³/mol. The quantitative estimate of drug-likeness (QED) is 0.622. The van der Waals surface area contributed by atoms with Crippen LogP contribution in [0.5, 0.6) is 0 Å². The molecule has 0 aliphatic rings. The second-order valence-electron chi connectivity index (χ2n) is 5.39. The number of nitrogens with zero attached hydrogens (tertiary/aromatic N) is 2. The normalized spacial score (nSPS) is 10.3. The van der Waals surface area contributed by atoms with E-state index in [1.54, 1.807) is 13.8 Å². The molecule has 1 heterocycles. The number of amides is 2. The molecule has 1 aromatic carbocycles. The van der Waals surface area contributed by atoms with Crippen LogP contribution in [0.15, 0.2) is 22.6 Å². The molecular weight excluding hydrogens is 348 g/mol. The number of nitro benzene ring substituents is 2. The van der Waals surface area contributed by atoms with Gasteiger partial charge in [0, 0.05) is 12.1 Å². The van der Waals surface area contributed by atoms with E-state index in [1.165, 1.54) is 13.0 Å². The first-order chi connectivity index (χ1) is 12.1. The molecule has 2 N–H and O–H groups in total. The van der Waals surface area contributed by atoms with Gasteiger partial charge < -0.3 is 4.42 Å². The van der Waals surface area contributed by atoms with Crippen molar-refractivity contribution in [2.45, 2.75) is 20.8 Å². The van der Waals surface area contributed by atoms with Gasteiger partial charge in [0.25, 0.3) is 23.2 Å². The molecule has 11 heteroatoms. The lowest BCUT2D eigenvalue weighted by Gasteiger charge is -2.08. The third kappa shape index (κ3) is 3.66. The largest absolute Gasteiger partial charge is 0.466 e. The zero-order valence-corrected chi connectivity index (χ0v) is 14.0. The van der Waals surface area contributed by atoms with E-state index in [0.29, 0.717) is 11.5 Å². The second-order valence-corrected chi connectivity index (χ2v) is 5.39. The smallest absolute Gasteiger partial charge is 0.279 e. The molecular formula is C15H14N4O7. The van der Waals surface area contributed by atoms with Crippen LogP contribution < -0.4 is 10.9 Å². The Hall–Kier alpha value is -3.76. The van der Waals surface area contributed by atoms with Gasteiger partial charge >= 0.3 is 0 Å². The Balaban J connectivity index is 2.24. The van der Waals surface area contributed by atoms with Crippen molar-refractivity contribution in [3.8, 4) is 0 Å². The van der Waals surface area contributed by atoms with Crippen LogP contribution in [0.4, 0.5) is 11.4 Å². The molecule has 0 atom stereocenters. The molecule has 0 aliphatic heterocycles. The maximum atomic E-state index is 12.1. The number of benzene rings is 1. The molecule has 26 heavy (non-hydrogen) atoms. The van der Waals surface area contributed by atoms with Gasteiger partial charge in [-0.05, 0) is 26.8 Å². The van der Waals surface area contributed by atoms with Crippen molar-refractivity contribution in [1.29, 1.82) is 0 Å². The van der Waals surface area contributed by atoms with Crippen LogP contribution in [0.2, 0.25) is 0 Å². The summed E-state index contributed by atoms with van der Waals surface area (Å²) in [7, 11) is 0. The summed E-state index contributed by atoms with van der Waals surface area (Å²) < 4.78 is 5.20. The van der Waals surface area contributed by atoms with E-state index >= 15 is 0 Å². The van der Waals surface area contributed by atoms with Gasteiger partial charge in [0.15, 0.2) is 0 Å². The Bertz CT molecular complexity index is 897. The number of carbonyl (C=O) groups is 2. The first kappa shape index (κ1) is 18.6. The van der Waals surface area contributed by atoms with Gasteiger partial charge in [0.05, 0.1) is 21.0 Å². The predicted octanol–water partition coefficient (Wildman–Crippen LogP) is 2.10. The highest BCUT2D eigenvalue weighted by Gasteiger charge is 2.25. The van der Waals surface area contributed by atoms with Gasteiger partial charge in [-0.3, -0.25) is 40.7 Å². The second kappa shape index (κ2) is 7.01. The lowest BCUT2D eigenvalue weighted by molar-refractivity contribution is -0.395. The Morgan fingerprint density at radius 2 is 1.42 bits per heavy atom. The number of furan rings is 1. The number of hydrazine groups is 1. The molecule has 136 valence electrons. The minimum atomic E-state index is -0.942. The van der Waals surface area contributed by atoms with Crippen molar-refractivity contribution < 1.29 is 23.9 Å². The number of rotatable bonds is 4. The Morgan fingerprint density at radius 3 is 1.85 bits per heavy atom. The summed E-state index contributed by atoms with van der Waals surface area (Å²) in [5, 5.41) is 22.1. The number of aryl methyl sites for hydroxylation is 2. The summed E-state index contributed by atoms with van der Waals surface area (Å²) in [6.07, 6.45) is 0. The fourth-order valence-corrected chi connectivity index (χ4v) is 2.30. The molecule has 1 aromatic heterocycles. The summed E-state index contributed by atoms with van der Waals surface area (Å²) in [4.78, 5) is 44.6. The summed E-state index contributed by atoms with van der Waals surface area (Å²) in [5.41, 5.74) is 2.72. The zero-order chi connectivity index (χ0) is 19.6. The van der Waals surface area contributed by atoms with Crippen LogP contribution in [0.1, 0.15) is 37.8 Å². The first-order valence-corrected chi connectivity index (χ1v) is 7.23. The maximum absolute atomic E-state index is 12.1. The lowest BCUT2D eigenvalue weighted by Crippen LogP contribution is -2.41. The van der Waals surface area contributed by atoms with E-state index in [-0.39, 0.29) is 16.7 Å². The van der Waals surface area contributed by atoms with Gasteiger partial charge in [0.2, 0.25) is 0 Å². The molecule has 0 bridgehead atoms. The van der Waals surface area contributed by atoms with Gasteiger partial charge in [-0.1, -0.05) is 0 Å². The van der Waals surface area contributed by atoms with Crippen molar-refractivity contribution >= 4 is 23.2 Å². The van der Waals surface area contributed by atoms with Crippen LogP contribution in [-0.4, -0.2) is 21.7 Å². The van der Waals surface area contributed by atoms with E-state index in [2.05, 4.69) is 10.9 Å². The topological polar surface area (TPSA) is 158 Å². The summed E-state index contributed by atoms with van der Waals surface area (Å²) >= 11 is 0. The van der Waals surface area contributed by atoms with Crippen LogP contribution in [0.25, 0.3) is 0 Å². The third-order valence-electron chi connectivity index (χ3n) is 3.58. The summed E-state index contributed by atoms with van der Waals surface area (Å²) in [6, 6.07) is 3.27. The fourth-order valence-electron chi connectivity index (χ4n) is 2.30. The molecule has 2 rings (SSSR count). The monoisotopic (exact) mass is 362 g/mol. The van der Waals surface area contributed by atoms with E-state index < -0.39 is 33.0 Å².